The average Bonchev–Trinajstić information content (AvgIpc) is 2.65. The molecule has 0 spiro atoms. The van der Waals surface area contributed by atoms with Crippen molar-refractivity contribution in [2.75, 3.05) is 30.2 Å². The molecule has 7 nitrogen and oxygen atoms in total. The molecule has 0 unspecified atom stereocenters. The molecule has 0 aliphatic carbocycles. The monoisotopic (exact) mass is 407 g/mol. The number of anilines is 2. The predicted octanol–water partition coefficient (Wildman–Crippen LogP) is 1.92. The van der Waals surface area contributed by atoms with Gasteiger partial charge in [-0.25, -0.2) is 12.8 Å². The van der Waals surface area contributed by atoms with E-state index in [0.29, 0.717) is 24.3 Å². The van der Waals surface area contributed by atoms with Crippen molar-refractivity contribution >= 4 is 27.3 Å². The molecule has 0 fully saturated rings. The van der Waals surface area contributed by atoms with Gasteiger partial charge in [0.15, 0.2) is 11.6 Å². The molecule has 1 amide bonds. The van der Waals surface area contributed by atoms with Crippen LogP contribution in [0.4, 0.5) is 15.8 Å². The summed E-state index contributed by atoms with van der Waals surface area (Å²) in [5, 5.41) is 2.74. The number of amides is 1. The Morgan fingerprint density at radius 3 is 2.75 bits per heavy atom. The van der Waals surface area contributed by atoms with Crippen molar-refractivity contribution in [2.45, 2.75) is 18.2 Å². The Bertz CT molecular complexity index is 1010. The second-order valence-electron chi connectivity index (χ2n) is 6.73. The smallest absolute Gasteiger partial charge is 0.264 e. The average molecular weight is 407 g/mol. The highest BCUT2D eigenvalue weighted by Gasteiger charge is 2.34. The van der Waals surface area contributed by atoms with Crippen molar-refractivity contribution in [1.29, 1.82) is 0 Å². The van der Waals surface area contributed by atoms with E-state index in [0.717, 1.165) is 17.7 Å². The van der Waals surface area contributed by atoms with E-state index in [1.807, 2.05) is 0 Å². The lowest BCUT2D eigenvalue weighted by molar-refractivity contribution is -0.119. The van der Waals surface area contributed by atoms with Gasteiger partial charge in [-0.15, -0.1) is 0 Å². The first kappa shape index (κ1) is 19.9. The molecule has 1 aliphatic rings. The molecule has 3 rings (SSSR count). The van der Waals surface area contributed by atoms with Crippen LogP contribution in [0.15, 0.2) is 41.3 Å². The number of rotatable bonds is 5. The Kier molecular flexibility index (Phi) is 5.46. The summed E-state index contributed by atoms with van der Waals surface area (Å²) in [5.41, 5.74) is 7.62. The number of methoxy groups -OCH3 is 1. The van der Waals surface area contributed by atoms with Gasteiger partial charge in [0.2, 0.25) is 5.91 Å². The zero-order valence-electron chi connectivity index (χ0n) is 15.6. The van der Waals surface area contributed by atoms with E-state index < -0.39 is 15.8 Å². The fourth-order valence-corrected chi connectivity index (χ4v) is 4.86. The fraction of sp³-hybridized carbons (Fsp3) is 0.316. The summed E-state index contributed by atoms with van der Waals surface area (Å²) in [6, 6.07) is 8.54. The van der Waals surface area contributed by atoms with Crippen molar-refractivity contribution in [3.63, 3.8) is 0 Å². The molecule has 0 saturated carbocycles. The third-order valence-corrected chi connectivity index (χ3v) is 6.44. The Morgan fingerprint density at radius 2 is 2.07 bits per heavy atom. The lowest BCUT2D eigenvalue weighted by Gasteiger charge is -2.35. The summed E-state index contributed by atoms with van der Waals surface area (Å²) < 4.78 is 46.6. The molecule has 1 atom stereocenters. The summed E-state index contributed by atoms with van der Waals surface area (Å²) in [5.74, 6) is -1.09. The minimum Gasteiger partial charge on any atom is -0.494 e. The Labute approximate surface area is 163 Å². The molecule has 28 heavy (non-hydrogen) atoms. The van der Waals surface area contributed by atoms with Crippen molar-refractivity contribution in [3.8, 4) is 5.75 Å². The van der Waals surface area contributed by atoms with E-state index in [1.165, 1.54) is 24.4 Å². The van der Waals surface area contributed by atoms with E-state index in [-0.39, 0.29) is 29.0 Å². The van der Waals surface area contributed by atoms with Crippen LogP contribution < -0.4 is 20.1 Å². The van der Waals surface area contributed by atoms with Crippen molar-refractivity contribution in [1.82, 2.24) is 5.32 Å². The second-order valence-corrected chi connectivity index (χ2v) is 8.59. The first-order chi connectivity index (χ1) is 13.2. The summed E-state index contributed by atoms with van der Waals surface area (Å²) >= 11 is 0. The SMILES string of the molecule is COc1cc(S(=O)(=O)N2C[C@@H](CNC(C)=O)Cc3ccc(N)cc32)ccc1F. The maximum atomic E-state index is 13.7. The maximum absolute atomic E-state index is 13.7. The fourth-order valence-electron chi connectivity index (χ4n) is 3.27. The van der Waals surface area contributed by atoms with Crippen LogP contribution in [0.3, 0.4) is 0 Å². The molecule has 0 bridgehead atoms. The minimum atomic E-state index is -3.99. The van der Waals surface area contributed by atoms with Crippen LogP contribution in [0.5, 0.6) is 5.75 Å². The van der Waals surface area contributed by atoms with Crippen LogP contribution in [0, 0.1) is 11.7 Å². The molecule has 2 aromatic rings. The van der Waals surface area contributed by atoms with Gasteiger partial charge in [-0.3, -0.25) is 9.10 Å². The number of sulfonamides is 1. The van der Waals surface area contributed by atoms with Crippen LogP contribution in [-0.4, -0.2) is 34.5 Å². The van der Waals surface area contributed by atoms with E-state index in [4.69, 9.17) is 10.5 Å². The number of carbonyl (C=O) groups is 1. The number of nitrogen functional groups attached to an aromatic ring is 1. The highest BCUT2D eigenvalue weighted by molar-refractivity contribution is 7.92. The van der Waals surface area contributed by atoms with Gasteiger partial charge in [-0.1, -0.05) is 6.07 Å². The van der Waals surface area contributed by atoms with Gasteiger partial charge in [-0.2, -0.15) is 0 Å². The highest BCUT2D eigenvalue weighted by Crippen LogP contribution is 2.36. The number of hydrogen-bond acceptors (Lipinski definition) is 5. The number of hydrogen-bond donors (Lipinski definition) is 2. The van der Waals surface area contributed by atoms with E-state index in [1.54, 1.807) is 18.2 Å². The summed E-state index contributed by atoms with van der Waals surface area (Å²) in [6.45, 7) is 1.92. The molecule has 9 heteroatoms. The van der Waals surface area contributed by atoms with Crippen molar-refractivity contribution < 1.29 is 22.3 Å². The van der Waals surface area contributed by atoms with Crippen LogP contribution in [-0.2, 0) is 21.2 Å². The number of fused-ring (bicyclic) bond motifs is 1. The van der Waals surface area contributed by atoms with Crippen molar-refractivity contribution in [2.24, 2.45) is 5.92 Å². The second kappa shape index (κ2) is 7.67. The number of benzene rings is 2. The largest absolute Gasteiger partial charge is 0.494 e. The lowest BCUT2D eigenvalue weighted by Crippen LogP contribution is -2.43. The number of carbonyl (C=O) groups excluding carboxylic acids is 1. The van der Waals surface area contributed by atoms with Gasteiger partial charge in [-0.05, 0) is 42.2 Å². The first-order valence-electron chi connectivity index (χ1n) is 8.71. The third kappa shape index (κ3) is 3.89. The Balaban J connectivity index is 2.04. The number of nitrogens with zero attached hydrogens (tertiary/aromatic N) is 1. The molecule has 1 aliphatic heterocycles. The normalized spacial score (nSPS) is 16.4. The van der Waals surface area contributed by atoms with Gasteiger partial charge >= 0.3 is 0 Å². The molecule has 150 valence electrons. The van der Waals surface area contributed by atoms with Gasteiger partial charge in [0.1, 0.15) is 0 Å². The Morgan fingerprint density at radius 1 is 1.32 bits per heavy atom. The molecular formula is C19H22FN3O4S. The highest BCUT2D eigenvalue weighted by atomic mass is 32.2. The summed E-state index contributed by atoms with van der Waals surface area (Å²) in [7, 11) is -2.72. The number of nitrogens with two attached hydrogens (primary N) is 1. The summed E-state index contributed by atoms with van der Waals surface area (Å²) in [4.78, 5) is 11.2. The molecular weight excluding hydrogens is 385 g/mol. The minimum absolute atomic E-state index is 0.0840. The molecule has 0 aromatic heterocycles. The predicted molar refractivity (Wildman–Crippen MR) is 104 cm³/mol. The Hall–Kier alpha value is -2.81. The summed E-state index contributed by atoms with van der Waals surface area (Å²) in [6.07, 6.45) is 0.606. The van der Waals surface area contributed by atoms with E-state index >= 15 is 0 Å². The van der Waals surface area contributed by atoms with Gasteiger partial charge in [0, 0.05) is 31.8 Å². The zero-order chi connectivity index (χ0) is 20.5. The molecule has 3 N–H and O–H groups in total. The van der Waals surface area contributed by atoms with Gasteiger partial charge in [0.25, 0.3) is 10.0 Å². The van der Waals surface area contributed by atoms with Crippen LogP contribution >= 0.6 is 0 Å². The number of halogens is 1. The quantitative estimate of drug-likeness (QED) is 0.738. The number of ether oxygens (including phenoxy) is 1. The van der Waals surface area contributed by atoms with E-state index in [9.17, 15) is 17.6 Å². The first-order valence-corrected chi connectivity index (χ1v) is 10.2. The lowest BCUT2D eigenvalue weighted by atomic mass is 9.93. The zero-order valence-corrected chi connectivity index (χ0v) is 16.4. The molecule has 1 heterocycles. The van der Waals surface area contributed by atoms with Gasteiger partial charge in [0.05, 0.1) is 17.7 Å². The molecule has 0 radical (unpaired) electrons. The van der Waals surface area contributed by atoms with Crippen LogP contribution in [0.1, 0.15) is 12.5 Å². The standard InChI is InChI=1S/C19H22FN3O4S/c1-12(24)22-10-13-7-14-3-4-15(21)8-18(14)23(11-13)28(25,26)16-5-6-17(20)19(9-16)27-2/h3-6,8-9,13H,7,10-11,21H2,1-2H3,(H,22,24)/t13-/m1/s1. The topological polar surface area (TPSA) is 102 Å². The van der Waals surface area contributed by atoms with Crippen LogP contribution in [0.2, 0.25) is 0 Å². The molecule has 2 aromatic carbocycles. The van der Waals surface area contributed by atoms with Gasteiger partial charge < -0.3 is 15.8 Å². The van der Waals surface area contributed by atoms with Crippen molar-refractivity contribution in [3.05, 3.63) is 47.8 Å². The van der Waals surface area contributed by atoms with Crippen LogP contribution in [0.25, 0.3) is 0 Å². The number of nitrogens with one attached hydrogen (secondary N) is 1. The van der Waals surface area contributed by atoms with E-state index in [2.05, 4.69) is 5.32 Å². The maximum Gasteiger partial charge on any atom is 0.264 e. The molecule has 0 saturated heterocycles. The third-order valence-electron chi connectivity index (χ3n) is 4.66.